The summed E-state index contributed by atoms with van der Waals surface area (Å²) < 4.78 is 8.01. The Balaban J connectivity index is 1.99. The highest BCUT2D eigenvalue weighted by Crippen LogP contribution is 2.37. The maximum Gasteiger partial charge on any atom is 0.132 e. The molecular weight excluding hydrogens is 262 g/mol. The molecule has 0 saturated heterocycles. The first-order chi connectivity index (χ1) is 10.0. The Hall–Kier alpha value is -1.77. The van der Waals surface area contributed by atoms with Crippen molar-refractivity contribution < 1.29 is 9.53 Å². The Kier molecular flexibility index (Phi) is 3.75. The van der Waals surface area contributed by atoms with E-state index < -0.39 is 0 Å². The minimum Gasteiger partial charge on any atom is -0.491 e. The van der Waals surface area contributed by atoms with Crippen molar-refractivity contribution in [2.24, 2.45) is 7.05 Å². The highest BCUT2D eigenvalue weighted by atomic mass is 16.5. The van der Waals surface area contributed by atoms with E-state index in [1.165, 1.54) is 16.5 Å². The Bertz CT molecular complexity index is 659. The maximum absolute atomic E-state index is 11.5. The number of nitrogens with zero attached hydrogens (tertiary/aromatic N) is 1. The summed E-state index contributed by atoms with van der Waals surface area (Å²) in [6.07, 6.45) is 5.82. The molecule has 0 spiro atoms. The predicted molar refractivity (Wildman–Crippen MR) is 84.9 cm³/mol. The van der Waals surface area contributed by atoms with Gasteiger partial charge in [0.15, 0.2) is 0 Å². The molecule has 2 aromatic rings. The first kappa shape index (κ1) is 14.2. The number of carbonyl (C=O) groups excluding carboxylic acids is 1. The lowest BCUT2D eigenvalue weighted by molar-refractivity contribution is -0.120. The number of ketones is 1. The van der Waals surface area contributed by atoms with E-state index in [1.807, 2.05) is 19.9 Å². The van der Waals surface area contributed by atoms with Crippen molar-refractivity contribution in [2.45, 2.75) is 51.6 Å². The number of aryl methyl sites for hydroxylation is 1. The summed E-state index contributed by atoms with van der Waals surface area (Å²) in [7, 11) is 2.09. The normalized spacial score (nSPS) is 16.9. The number of Topliss-reactive ketones (excluding diaryl/α,β-unsaturated/α-hetero) is 1. The van der Waals surface area contributed by atoms with Gasteiger partial charge in [-0.15, -0.1) is 0 Å². The van der Waals surface area contributed by atoms with Crippen LogP contribution in [-0.4, -0.2) is 16.5 Å². The molecular formula is C18H23NO2. The monoisotopic (exact) mass is 285 g/mol. The topological polar surface area (TPSA) is 31.2 Å². The zero-order valence-electron chi connectivity index (χ0n) is 13.1. The number of aromatic nitrogens is 1. The third-order valence-electron chi connectivity index (χ3n) is 4.35. The van der Waals surface area contributed by atoms with E-state index in [-0.39, 0.29) is 6.10 Å². The van der Waals surface area contributed by atoms with Crippen LogP contribution in [0.1, 0.15) is 51.0 Å². The standard InChI is InChI=1S/C18H23NO2/c1-12(2)21-15-8-9-18-16(10-15)17(11-19(18)3)13-4-6-14(20)7-5-13/h8-13H,4-7H2,1-3H3. The van der Waals surface area contributed by atoms with Crippen LogP contribution in [0.15, 0.2) is 24.4 Å². The molecule has 3 nitrogen and oxygen atoms in total. The number of hydrogen-bond donors (Lipinski definition) is 0. The fourth-order valence-electron chi connectivity index (χ4n) is 3.32. The Morgan fingerprint density at radius 3 is 2.62 bits per heavy atom. The van der Waals surface area contributed by atoms with Gasteiger partial charge in [-0.05, 0) is 56.4 Å². The van der Waals surface area contributed by atoms with Gasteiger partial charge in [-0.1, -0.05) is 0 Å². The lowest BCUT2D eigenvalue weighted by Crippen LogP contribution is -2.12. The SMILES string of the molecule is CC(C)Oc1ccc2c(c1)c(C1CCC(=O)CC1)cn2C. The molecule has 0 unspecified atom stereocenters. The molecule has 0 atom stereocenters. The molecule has 0 radical (unpaired) electrons. The first-order valence-corrected chi connectivity index (χ1v) is 7.82. The second-order valence-corrected chi connectivity index (χ2v) is 6.35. The molecule has 1 aromatic carbocycles. The Morgan fingerprint density at radius 2 is 1.95 bits per heavy atom. The van der Waals surface area contributed by atoms with Crippen molar-refractivity contribution >= 4 is 16.7 Å². The van der Waals surface area contributed by atoms with E-state index in [0.29, 0.717) is 11.7 Å². The Labute approximate surface area is 125 Å². The molecule has 112 valence electrons. The minimum atomic E-state index is 0.182. The van der Waals surface area contributed by atoms with Crippen molar-refractivity contribution in [3.05, 3.63) is 30.0 Å². The third kappa shape index (κ3) is 2.82. The van der Waals surface area contributed by atoms with Gasteiger partial charge in [0.05, 0.1) is 6.10 Å². The molecule has 3 heteroatoms. The lowest BCUT2D eigenvalue weighted by atomic mass is 9.83. The van der Waals surface area contributed by atoms with Gasteiger partial charge in [0.25, 0.3) is 0 Å². The summed E-state index contributed by atoms with van der Waals surface area (Å²) in [4.78, 5) is 11.5. The number of hydrogen-bond acceptors (Lipinski definition) is 2. The first-order valence-electron chi connectivity index (χ1n) is 7.82. The molecule has 1 aliphatic carbocycles. The van der Waals surface area contributed by atoms with Crippen molar-refractivity contribution in [3.8, 4) is 5.75 Å². The molecule has 0 N–H and O–H groups in total. The lowest BCUT2D eigenvalue weighted by Gasteiger charge is -2.20. The van der Waals surface area contributed by atoms with Gasteiger partial charge in [-0.3, -0.25) is 4.79 Å². The zero-order chi connectivity index (χ0) is 15.0. The van der Waals surface area contributed by atoms with Crippen LogP contribution >= 0.6 is 0 Å². The molecule has 1 aliphatic rings. The third-order valence-corrected chi connectivity index (χ3v) is 4.35. The largest absolute Gasteiger partial charge is 0.491 e. The minimum absolute atomic E-state index is 0.182. The number of benzene rings is 1. The quantitative estimate of drug-likeness (QED) is 0.846. The average Bonchev–Trinajstić information content (AvgIpc) is 2.76. The molecule has 0 aliphatic heterocycles. The fraction of sp³-hybridized carbons (Fsp3) is 0.500. The molecule has 1 saturated carbocycles. The van der Waals surface area contributed by atoms with Gasteiger partial charge in [0.1, 0.15) is 11.5 Å². The maximum atomic E-state index is 11.5. The van der Waals surface area contributed by atoms with Gasteiger partial charge < -0.3 is 9.30 Å². The van der Waals surface area contributed by atoms with Gasteiger partial charge in [-0.2, -0.15) is 0 Å². The summed E-state index contributed by atoms with van der Waals surface area (Å²) in [6, 6.07) is 6.32. The average molecular weight is 285 g/mol. The summed E-state index contributed by atoms with van der Waals surface area (Å²) in [5.41, 5.74) is 2.60. The van der Waals surface area contributed by atoms with Crippen LogP contribution in [-0.2, 0) is 11.8 Å². The number of rotatable bonds is 3. The second-order valence-electron chi connectivity index (χ2n) is 6.35. The second kappa shape index (κ2) is 5.55. The van der Waals surface area contributed by atoms with Crippen molar-refractivity contribution in [3.63, 3.8) is 0 Å². The van der Waals surface area contributed by atoms with Gasteiger partial charge in [0.2, 0.25) is 0 Å². The number of carbonyl (C=O) groups is 1. The van der Waals surface area contributed by atoms with Crippen molar-refractivity contribution in [2.75, 3.05) is 0 Å². The van der Waals surface area contributed by atoms with Crippen LogP contribution in [0, 0.1) is 0 Å². The predicted octanol–water partition coefficient (Wildman–Crippen LogP) is 4.19. The van der Waals surface area contributed by atoms with E-state index in [9.17, 15) is 4.79 Å². The van der Waals surface area contributed by atoms with E-state index in [2.05, 4.69) is 29.9 Å². The molecule has 0 amide bonds. The zero-order valence-corrected chi connectivity index (χ0v) is 13.1. The van der Waals surface area contributed by atoms with E-state index in [1.54, 1.807) is 0 Å². The summed E-state index contributed by atoms with van der Waals surface area (Å²) in [5, 5.41) is 1.27. The van der Waals surface area contributed by atoms with E-state index in [0.717, 1.165) is 31.4 Å². The van der Waals surface area contributed by atoms with Crippen LogP contribution < -0.4 is 4.74 Å². The van der Waals surface area contributed by atoms with Gasteiger partial charge in [0, 0.05) is 37.0 Å². The number of ether oxygens (including phenoxy) is 1. The van der Waals surface area contributed by atoms with Crippen molar-refractivity contribution in [1.29, 1.82) is 0 Å². The van der Waals surface area contributed by atoms with Crippen molar-refractivity contribution in [1.82, 2.24) is 4.57 Å². The summed E-state index contributed by atoms with van der Waals surface area (Å²) in [5.74, 6) is 1.84. The van der Waals surface area contributed by atoms with Crippen LogP contribution in [0.3, 0.4) is 0 Å². The molecule has 0 bridgehead atoms. The van der Waals surface area contributed by atoms with Gasteiger partial charge in [-0.25, -0.2) is 0 Å². The van der Waals surface area contributed by atoms with Crippen LogP contribution in [0.25, 0.3) is 10.9 Å². The van der Waals surface area contributed by atoms with Crippen LogP contribution in [0.4, 0.5) is 0 Å². The molecule has 1 heterocycles. The summed E-state index contributed by atoms with van der Waals surface area (Å²) in [6.45, 7) is 4.09. The molecule has 1 fully saturated rings. The van der Waals surface area contributed by atoms with Gasteiger partial charge >= 0.3 is 0 Å². The summed E-state index contributed by atoms with van der Waals surface area (Å²) >= 11 is 0. The highest BCUT2D eigenvalue weighted by molar-refractivity contribution is 5.86. The Morgan fingerprint density at radius 1 is 1.24 bits per heavy atom. The fourth-order valence-corrected chi connectivity index (χ4v) is 3.32. The van der Waals surface area contributed by atoms with Crippen LogP contribution in [0.5, 0.6) is 5.75 Å². The molecule has 3 rings (SSSR count). The van der Waals surface area contributed by atoms with E-state index >= 15 is 0 Å². The van der Waals surface area contributed by atoms with Crippen LogP contribution in [0.2, 0.25) is 0 Å². The number of fused-ring (bicyclic) bond motifs is 1. The smallest absolute Gasteiger partial charge is 0.132 e. The van der Waals surface area contributed by atoms with E-state index in [4.69, 9.17) is 4.74 Å². The highest BCUT2D eigenvalue weighted by Gasteiger charge is 2.23. The molecule has 1 aromatic heterocycles. The molecule has 21 heavy (non-hydrogen) atoms.